The molecule has 0 amide bonds. The Morgan fingerprint density at radius 3 is 2.60 bits per heavy atom. The van der Waals surface area contributed by atoms with Crippen LogP contribution in [0.3, 0.4) is 0 Å². The van der Waals surface area contributed by atoms with E-state index in [1.165, 1.54) is 12.0 Å². The van der Waals surface area contributed by atoms with E-state index in [2.05, 4.69) is 52.0 Å². The van der Waals surface area contributed by atoms with E-state index in [1.54, 1.807) is 5.57 Å². The highest BCUT2D eigenvalue weighted by Crippen LogP contribution is 2.41. The highest BCUT2D eigenvalue weighted by Gasteiger charge is 2.30. The maximum absolute atomic E-state index is 2.43. The molecule has 0 aromatic heterocycles. The molecule has 0 aliphatic heterocycles. The zero-order chi connectivity index (χ0) is 11.0. The van der Waals surface area contributed by atoms with Crippen molar-refractivity contribution in [2.24, 2.45) is 23.7 Å². The first kappa shape index (κ1) is 10.7. The fourth-order valence-electron chi connectivity index (χ4n) is 2.96. The molecule has 0 fully saturated rings. The minimum Gasteiger partial charge on any atom is -0.0814 e. The summed E-state index contributed by atoms with van der Waals surface area (Å²) in [5, 5.41) is 0. The highest BCUT2D eigenvalue weighted by atomic mass is 14.3. The van der Waals surface area contributed by atoms with Crippen LogP contribution in [0.2, 0.25) is 0 Å². The Kier molecular flexibility index (Phi) is 2.86. The molecule has 3 unspecified atom stereocenters. The summed E-state index contributed by atoms with van der Waals surface area (Å²) >= 11 is 0. The van der Waals surface area contributed by atoms with Crippen LogP contribution >= 0.6 is 0 Å². The molecule has 0 radical (unpaired) electrons. The van der Waals surface area contributed by atoms with Gasteiger partial charge in [-0.15, -0.1) is 0 Å². The molecule has 2 rings (SSSR count). The average molecular weight is 202 g/mol. The van der Waals surface area contributed by atoms with Gasteiger partial charge in [0.2, 0.25) is 0 Å². The second kappa shape index (κ2) is 4.00. The van der Waals surface area contributed by atoms with Gasteiger partial charge >= 0.3 is 0 Å². The molecule has 0 saturated heterocycles. The first-order chi connectivity index (χ1) is 7.09. The Morgan fingerprint density at radius 2 is 1.93 bits per heavy atom. The second-order valence-corrected chi connectivity index (χ2v) is 5.50. The van der Waals surface area contributed by atoms with Crippen molar-refractivity contribution in [2.45, 2.75) is 34.1 Å². The monoisotopic (exact) mass is 202 g/mol. The fourth-order valence-corrected chi connectivity index (χ4v) is 2.96. The average Bonchev–Trinajstić information content (AvgIpc) is 2.17. The molecule has 0 saturated carbocycles. The molecule has 0 aromatic rings. The predicted octanol–water partition coefficient (Wildman–Crippen LogP) is 4.36. The van der Waals surface area contributed by atoms with E-state index in [-0.39, 0.29) is 0 Å². The van der Waals surface area contributed by atoms with E-state index in [1.807, 2.05) is 0 Å². The van der Waals surface area contributed by atoms with Gasteiger partial charge in [0.25, 0.3) is 0 Å². The van der Waals surface area contributed by atoms with Crippen LogP contribution in [-0.2, 0) is 0 Å². The third kappa shape index (κ3) is 1.95. The van der Waals surface area contributed by atoms with Crippen LogP contribution < -0.4 is 0 Å². The van der Waals surface area contributed by atoms with Crippen molar-refractivity contribution in [3.05, 3.63) is 35.5 Å². The molecular weight excluding hydrogens is 180 g/mol. The zero-order valence-corrected chi connectivity index (χ0v) is 10.3. The zero-order valence-electron chi connectivity index (χ0n) is 10.3. The van der Waals surface area contributed by atoms with Gasteiger partial charge in [-0.3, -0.25) is 0 Å². The van der Waals surface area contributed by atoms with Crippen molar-refractivity contribution < 1.29 is 0 Å². The molecule has 0 heteroatoms. The SMILES string of the molecule is CC1=C2C=CC(C)CC2C(C(C)C)C=C1. The predicted molar refractivity (Wildman–Crippen MR) is 66.6 cm³/mol. The lowest BCUT2D eigenvalue weighted by atomic mass is 9.68. The Bertz CT molecular complexity index is 328. The molecule has 0 N–H and O–H groups in total. The van der Waals surface area contributed by atoms with Gasteiger partial charge in [-0.2, -0.15) is 0 Å². The van der Waals surface area contributed by atoms with Crippen LogP contribution in [0.15, 0.2) is 35.5 Å². The molecular formula is C15H22. The highest BCUT2D eigenvalue weighted by molar-refractivity contribution is 5.40. The third-order valence-corrected chi connectivity index (χ3v) is 3.89. The summed E-state index contributed by atoms with van der Waals surface area (Å²) in [4.78, 5) is 0. The van der Waals surface area contributed by atoms with Crippen LogP contribution in [0, 0.1) is 23.7 Å². The molecule has 0 spiro atoms. The number of allylic oxidation sites excluding steroid dienone is 6. The van der Waals surface area contributed by atoms with Crippen LogP contribution in [0.1, 0.15) is 34.1 Å². The van der Waals surface area contributed by atoms with Gasteiger partial charge in [0.1, 0.15) is 0 Å². The van der Waals surface area contributed by atoms with E-state index in [0.717, 1.165) is 23.7 Å². The van der Waals surface area contributed by atoms with Crippen molar-refractivity contribution in [2.75, 3.05) is 0 Å². The van der Waals surface area contributed by atoms with E-state index in [9.17, 15) is 0 Å². The lowest BCUT2D eigenvalue weighted by Gasteiger charge is -2.36. The lowest BCUT2D eigenvalue weighted by molar-refractivity contribution is 0.306. The summed E-state index contributed by atoms with van der Waals surface area (Å²) in [6.45, 7) is 9.26. The summed E-state index contributed by atoms with van der Waals surface area (Å²) in [6.07, 6.45) is 10.8. The molecule has 2 aliphatic carbocycles. The number of hydrogen-bond acceptors (Lipinski definition) is 0. The molecule has 82 valence electrons. The van der Waals surface area contributed by atoms with Crippen LogP contribution in [-0.4, -0.2) is 0 Å². The van der Waals surface area contributed by atoms with Crippen LogP contribution in [0.4, 0.5) is 0 Å². The summed E-state index contributed by atoms with van der Waals surface area (Å²) in [7, 11) is 0. The van der Waals surface area contributed by atoms with Gasteiger partial charge in [0.05, 0.1) is 0 Å². The lowest BCUT2D eigenvalue weighted by Crippen LogP contribution is -2.26. The van der Waals surface area contributed by atoms with Gasteiger partial charge in [-0.1, -0.05) is 45.1 Å². The van der Waals surface area contributed by atoms with E-state index in [0.29, 0.717) is 0 Å². The molecule has 15 heavy (non-hydrogen) atoms. The summed E-state index contributed by atoms with van der Waals surface area (Å²) < 4.78 is 0. The topological polar surface area (TPSA) is 0 Å². The maximum atomic E-state index is 2.43. The van der Waals surface area contributed by atoms with E-state index >= 15 is 0 Å². The van der Waals surface area contributed by atoms with Crippen molar-refractivity contribution in [3.8, 4) is 0 Å². The van der Waals surface area contributed by atoms with Crippen molar-refractivity contribution >= 4 is 0 Å². The Hall–Kier alpha value is -0.780. The number of rotatable bonds is 1. The molecule has 0 heterocycles. The Balaban J connectivity index is 2.34. The normalized spacial score (nSPS) is 34.9. The van der Waals surface area contributed by atoms with Crippen LogP contribution in [0.25, 0.3) is 0 Å². The first-order valence-electron chi connectivity index (χ1n) is 6.16. The number of hydrogen-bond donors (Lipinski definition) is 0. The Labute approximate surface area is 93.8 Å². The van der Waals surface area contributed by atoms with Gasteiger partial charge in [-0.05, 0) is 48.2 Å². The van der Waals surface area contributed by atoms with Crippen molar-refractivity contribution in [1.82, 2.24) is 0 Å². The second-order valence-electron chi connectivity index (χ2n) is 5.50. The largest absolute Gasteiger partial charge is 0.0814 e. The smallest absolute Gasteiger partial charge is 0.00884 e. The van der Waals surface area contributed by atoms with Gasteiger partial charge in [0.15, 0.2) is 0 Å². The Morgan fingerprint density at radius 1 is 1.20 bits per heavy atom. The van der Waals surface area contributed by atoms with Gasteiger partial charge < -0.3 is 0 Å². The molecule has 2 aliphatic rings. The van der Waals surface area contributed by atoms with Crippen molar-refractivity contribution in [1.29, 1.82) is 0 Å². The summed E-state index contributed by atoms with van der Waals surface area (Å²) in [6, 6.07) is 0. The third-order valence-electron chi connectivity index (χ3n) is 3.89. The minimum atomic E-state index is 0.746. The van der Waals surface area contributed by atoms with Gasteiger partial charge in [0, 0.05) is 0 Å². The van der Waals surface area contributed by atoms with Gasteiger partial charge in [-0.25, -0.2) is 0 Å². The first-order valence-corrected chi connectivity index (χ1v) is 6.16. The van der Waals surface area contributed by atoms with E-state index < -0.39 is 0 Å². The molecule has 0 bridgehead atoms. The maximum Gasteiger partial charge on any atom is -0.00884 e. The molecule has 3 atom stereocenters. The standard InChI is InChI=1S/C15H22/c1-10(2)13-8-6-12(4)14-7-5-11(3)9-15(13)14/h5-8,10-11,13,15H,9H2,1-4H3. The fraction of sp³-hybridized carbons (Fsp3) is 0.600. The van der Waals surface area contributed by atoms with E-state index in [4.69, 9.17) is 0 Å². The summed E-state index contributed by atoms with van der Waals surface area (Å²) in [5.74, 6) is 3.03. The van der Waals surface area contributed by atoms with Crippen LogP contribution in [0.5, 0.6) is 0 Å². The molecule has 0 nitrogen and oxygen atoms in total. The molecule has 0 aromatic carbocycles. The number of fused-ring (bicyclic) bond motifs is 1. The quantitative estimate of drug-likeness (QED) is 0.592. The minimum absolute atomic E-state index is 0.746. The summed E-state index contributed by atoms with van der Waals surface area (Å²) in [5.41, 5.74) is 3.06. The van der Waals surface area contributed by atoms with Crippen molar-refractivity contribution in [3.63, 3.8) is 0 Å².